The highest BCUT2D eigenvalue weighted by Crippen LogP contribution is 2.35. The Bertz CT molecular complexity index is 828. The maximum absolute atomic E-state index is 12.7. The first-order chi connectivity index (χ1) is 10.6. The number of carbonyl (C=O) groups is 1. The lowest BCUT2D eigenvalue weighted by atomic mass is 9.89. The van der Waals surface area contributed by atoms with Crippen molar-refractivity contribution in [1.82, 2.24) is 14.9 Å². The number of fused-ring (bicyclic) bond motifs is 3. The monoisotopic (exact) mass is 315 g/mol. The third-order valence-corrected chi connectivity index (χ3v) is 5.15. The average molecular weight is 315 g/mol. The number of aromatic nitrogens is 2. The van der Waals surface area contributed by atoms with Crippen LogP contribution in [0.4, 0.5) is 0 Å². The number of carbonyl (C=O) groups excluding carboxylic acids is 1. The van der Waals surface area contributed by atoms with Crippen LogP contribution in [0, 0.1) is 18.3 Å². The Morgan fingerprint density at radius 1 is 1.64 bits per heavy atom. The van der Waals surface area contributed by atoms with Crippen LogP contribution in [-0.2, 0) is 24.2 Å². The molecule has 0 aliphatic heterocycles. The standard InChI is InChI=1S/C16H17N3O2S/c1-3-6-17-13(20)8-19-9-18-15-14(16(19)21)11-5-4-10(2)7-12(11)22-15/h1,9-10H,4-8H2,2H3,(H,17,20)/t10-/m0/s1. The van der Waals surface area contributed by atoms with Crippen molar-refractivity contribution >= 4 is 27.5 Å². The predicted molar refractivity (Wildman–Crippen MR) is 86.9 cm³/mol. The SMILES string of the molecule is C#CCNC(=O)Cn1cnc2sc3c(c2c1=O)CC[C@H](C)C3. The molecule has 2 heterocycles. The van der Waals surface area contributed by atoms with Gasteiger partial charge in [0.25, 0.3) is 5.56 Å². The van der Waals surface area contributed by atoms with Crippen molar-refractivity contribution in [3.8, 4) is 12.3 Å². The van der Waals surface area contributed by atoms with Crippen LogP contribution >= 0.6 is 11.3 Å². The molecular weight excluding hydrogens is 298 g/mol. The maximum atomic E-state index is 12.7. The second-order valence-electron chi connectivity index (χ2n) is 5.69. The summed E-state index contributed by atoms with van der Waals surface area (Å²) in [6, 6.07) is 0. The molecule has 0 aromatic carbocycles. The third-order valence-electron chi connectivity index (χ3n) is 3.98. The molecule has 0 radical (unpaired) electrons. The fraction of sp³-hybridized carbons (Fsp3) is 0.438. The summed E-state index contributed by atoms with van der Waals surface area (Å²) >= 11 is 1.61. The lowest BCUT2D eigenvalue weighted by Crippen LogP contribution is -2.32. The van der Waals surface area contributed by atoms with E-state index in [1.165, 1.54) is 15.8 Å². The van der Waals surface area contributed by atoms with Gasteiger partial charge in [0.15, 0.2) is 0 Å². The van der Waals surface area contributed by atoms with Crippen LogP contribution < -0.4 is 10.9 Å². The van der Waals surface area contributed by atoms with E-state index in [9.17, 15) is 9.59 Å². The normalized spacial score (nSPS) is 17.0. The van der Waals surface area contributed by atoms with Gasteiger partial charge in [-0.05, 0) is 30.7 Å². The minimum atomic E-state index is -0.279. The zero-order chi connectivity index (χ0) is 15.7. The van der Waals surface area contributed by atoms with Gasteiger partial charge < -0.3 is 5.32 Å². The maximum Gasteiger partial charge on any atom is 0.262 e. The zero-order valence-electron chi connectivity index (χ0n) is 12.4. The van der Waals surface area contributed by atoms with Gasteiger partial charge in [0, 0.05) is 4.88 Å². The number of thiophene rings is 1. The summed E-state index contributed by atoms with van der Waals surface area (Å²) < 4.78 is 1.36. The van der Waals surface area contributed by atoms with Crippen LogP contribution in [0.5, 0.6) is 0 Å². The van der Waals surface area contributed by atoms with E-state index in [-0.39, 0.29) is 24.6 Å². The highest BCUT2D eigenvalue weighted by Gasteiger charge is 2.23. The second-order valence-corrected chi connectivity index (χ2v) is 6.77. The minimum absolute atomic E-state index is 0.0511. The van der Waals surface area contributed by atoms with Crippen molar-refractivity contribution in [3.63, 3.8) is 0 Å². The molecule has 1 atom stereocenters. The summed E-state index contributed by atoms with van der Waals surface area (Å²) in [5.74, 6) is 2.71. The van der Waals surface area contributed by atoms with Crippen molar-refractivity contribution in [2.75, 3.05) is 6.54 Å². The fourth-order valence-electron chi connectivity index (χ4n) is 2.84. The minimum Gasteiger partial charge on any atom is -0.344 e. The van der Waals surface area contributed by atoms with Crippen LogP contribution in [0.1, 0.15) is 23.8 Å². The first kappa shape index (κ1) is 14.8. The molecule has 1 aliphatic rings. The van der Waals surface area contributed by atoms with Crippen molar-refractivity contribution in [2.45, 2.75) is 32.7 Å². The summed E-state index contributed by atoms with van der Waals surface area (Å²) in [5, 5.41) is 3.25. The number of amides is 1. The second kappa shape index (κ2) is 5.93. The van der Waals surface area contributed by atoms with Gasteiger partial charge in [-0.3, -0.25) is 14.2 Å². The molecule has 0 saturated heterocycles. The zero-order valence-corrected chi connectivity index (χ0v) is 13.2. The van der Waals surface area contributed by atoms with E-state index < -0.39 is 0 Å². The lowest BCUT2D eigenvalue weighted by molar-refractivity contribution is -0.121. The van der Waals surface area contributed by atoms with Crippen LogP contribution in [0.2, 0.25) is 0 Å². The van der Waals surface area contributed by atoms with E-state index >= 15 is 0 Å². The van der Waals surface area contributed by atoms with Gasteiger partial charge in [-0.1, -0.05) is 12.8 Å². The Hall–Kier alpha value is -2.13. The van der Waals surface area contributed by atoms with Crippen LogP contribution in [-0.4, -0.2) is 22.0 Å². The molecule has 1 amide bonds. The van der Waals surface area contributed by atoms with Gasteiger partial charge in [-0.15, -0.1) is 17.8 Å². The molecule has 0 bridgehead atoms. The Morgan fingerprint density at radius 3 is 3.23 bits per heavy atom. The molecule has 5 nitrogen and oxygen atoms in total. The van der Waals surface area contributed by atoms with E-state index in [0.29, 0.717) is 11.3 Å². The number of terminal acetylenes is 1. The molecular formula is C16H17N3O2S. The van der Waals surface area contributed by atoms with Gasteiger partial charge >= 0.3 is 0 Å². The van der Waals surface area contributed by atoms with E-state index in [4.69, 9.17) is 6.42 Å². The highest BCUT2D eigenvalue weighted by atomic mass is 32.1. The average Bonchev–Trinajstić information content (AvgIpc) is 2.86. The Balaban J connectivity index is 1.98. The summed E-state index contributed by atoms with van der Waals surface area (Å²) in [7, 11) is 0. The third kappa shape index (κ3) is 2.64. The highest BCUT2D eigenvalue weighted by molar-refractivity contribution is 7.18. The summed E-state index contributed by atoms with van der Waals surface area (Å²) in [4.78, 5) is 30.8. The Kier molecular flexibility index (Phi) is 3.99. The van der Waals surface area contributed by atoms with E-state index in [1.54, 1.807) is 11.3 Å². The molecule has 114 valence electrons. The molecule has 2 aromatic heterocycles. The van der Waals surface area contributed by atoms with Gasteiger partial charge in [0.05, 0.1) is 18.3 Å². The van der Waals surface area contributed by atoms with Crippen molar-refractivity contribution in [1.29, 1.82) is 0 Å². The van der Waals surface area contributed by atoms with E-state index in [1.807, 2.05) is 0 Å². The molecule has 0 unspecified atom stereocenters. The topological polar surface area (TPSA) is 64.0 Å². The summed E-state index contributed by atoms with van der Waals surface area (Å²) in [6.07, 6.45) is 9.58. The smallest absolute Gasteiger partial charge is 0.262 e. The Morgan fingerprint density at radius 2 is 2.45 bits per heavy atom. The number of hydrogen-bond donors (Lipinski definition) is 1. The Labute approximate surface area is 132 Å². The molecule has 0 saturated carbocycles. The van der Waals surface area contributed by atoms with Gasteiger partial charge in [0.1, 0.15) is 11.4 Å². The molecule has 0 fully saturated rings. The number of nitrogens with zero attached hydrogens (tertiary/aromatic N) is 2. The number of rotatable bonds is 3. The van der Waals surface area contributed by atoms with Crippen LogP contribution in [0.15, 0.2) is 11.1 Å². The van der Waals surface area contributed by atoms with Crippen molar-refractivity contribution in [2.24, 2.45) is 5.92 Å². The molecule has 2 aromatic rings. The summed E-state index contributed by atoms with van der Waals surface area (Å²) in [6.45, 7) is 2.34. The summed E-state index contributed by atoms with van der Waals surface area (Å²) in [5.41, 5.74) is 1.00. The first-order valence-corrected chi connectivity index (χ1v) is 8.11. The predicted octanol–water partition coefficient (Wildman–Crippen LogP) is 1.33. The molecule has 3 rings (SSSR count). The van der Waals surface area contributed by atoms with Gasteiger partial charge in [0.2, 0.25) is 5.91 Å². The quantitative estimate of drug-likeness (QED) is 0.869. The molecule has 1 aliphatic carbocycles. The molecule has 1 N–H and O–H groups in total. The van der Waals surface area contributed by atoms with Crippen molar-refractivity contribution in [3.05, 3.63) is 27.1 Å². The van der Waals surface area contributed by atoms with E-state index in [2.05, 4.69) is 23.1 Å². The number of nitrogens with one attached hydrogen (secondary N) is 1. The molecule has 6 heteroatoms. The van der Waals surface area contributed by atoms with Gasteiger partial charge in [-0.2, -0.15) is 0 Å². The van der Waals surface area contributed by atoms with Crippen molar-refractivity contribution < 1.29 is 4.79 Å². The lowest BCUT2D eigenvalue weighted by Gasteiger charge is -2.17. The van der Waals surface area contributed by atoms with Crippen LogP contribution in [0.3, 0.4) is 0 Å². The fourth-order valence-corrected chi connectivity index (χ4v) is 4.18. The largest absolute Gasteiger partial charge is 0.344 e. The van der Waals surface area contributed by atoms with E-state index in [0.717, 1.165) is 29.7 Å². The van der Waals surface area contributed by atoms with Crippen LogP contribution in [0.25, 0.3) is 10.2 Å². The first-order valence-electron chi connectivity index (χ1n) is 7.30. The number of hydrogen-bond acceptors (Lipinski definition) is 4. The molecule has 22 heavy (non-hydrogen) atoms. The molecule has 0 spiro atoms. The van der Waals surface area contributed by atoms with Gasteiger partial charge in [-0.25, -0.2) is 4.98 Å². The number of aryl methyl sites for hydroxylation is 1.